The fourth-order valence-corrected chi connectivity index (χ4v) is 3.72. The van der Waals surface area contributed by atoms with E-state index in [0.29, 0.717) is 13.2 Å². The average Bonchev–Trinajstić information content (AvgIpc) is 2.58. The first kappa shape index (κ1) is 28.7. The molecule has 6 heteroatoms. The molecule has 0 aromatic carbocycles. The van der Waals surface area contributed by atoms with Gasteiger partial charge in [0.05, 0.1) is 11.2 Å². The molecule has 174 valence electrons. The maximum Gasteiger partial charge on any atom is 0.246 e. The van der Waals surface area contributed by atoms with E-state index in [1.165, 1.54) is 0 Å². The largest absolute Gasteiger partial charge is 0.375 e. The number of carbonyl (C=O) groups excluding carboxylic acids is 1. The summed E-state index contributed by atoms with van der Waals surface area (Å²) in [6.45, 7) is 20.4. The highest BCUT2D eigenvalue weighted by molar-refractivity contribution is 7.80. The SMILES string of the molecule is CCC(C)(CCOC(C)(CC)CCNC(=O)COC(C)(C)C)NC(C)(C)CCS. The highest BCUT2D eigenvalue weighted by Crippen LogP contribution is 2.25. The van der Waals surface area contributed by atoms with Crippen molar-refractivity contribution < 1.29 is 14.3 Å². The molecule has 0 bridgehead atoms. The Bertz CT molecular complexity index is 479. The Labute approximate surface area is 185 Å². The number of amides is 1. The first-order chi connectivity index (χ1) is 13.2. The van der Waals surface area contributed by atoms with Crippen LogP contribution in [0.1, 0.15) is 94.4 Å². The number of nitrogens with one attached hydrogen (secondary N) is 2. The van der Waals surface area contributed by atoms with Crippen molar-refractivity contribution in [2.24, 2.45) is 0 Å². The predicted molar refractivity (Wildman–Crippen MR) is 127 cm³/mol. The van der Waals surface area contributed by atoms with Crippen molar-refractivity contribution in [1.29, 1.82) is 0 Å². The van der Waals surface area contributed by atoms with Crippen LogP contribution in [0.3, 0.4) is 0 Å². The fraction of sp³-hybridized carbons (Fsp3) is 0.957. The number of thiol groups is 1. The molecule has 0 aliphatic rings. The van der Waals surface area contributed by atoms with Crippen LogP contribution in [-0.4, -0.2) is 53.7 Å². The summed E-state index contributed by atoms with van der Waals surface area (Å²) < 4.78 is 11.8. The quantitative estimate of drug-likeness (QED) is 0.327. The summed E-state index contributed by atoms with van der Waals surface area (Å²) in [7, 11) is 0. The van der Waals surface area contributed by atoms with Crippen LogP contribution in [0.15, 0.2) is 0 Å². The smallest absolute Gasteiger partial charge is 0.246 e. The number of rotatable bonds is 15. The summed E-state index contributed by atoms with van der Waals surface area (Å²) in [5, 5.41) is 6.75. The second kappa shape index (κ2) is 12.5. The lowest BCUT2D eigenvalue weighted by Gasteiger charge is -2.40. The Morgan fingerprint density at radius 1 is 0.897 bits per heavy atom. The van der Waals surface area contributed by atoms with Gasteiger partial charge in [0.15, 0.2) is 0 Å². The highest BCUT2D eigenvalue weighted by Gasteiger charge is 2.31. The third kappa shape index (κ3) is 13.6. The van der Waals surface area contributed by atoms with E-state index < -0.39 is 0 Å². The zero-order valence-corrected chi connectivity index (χ0v) is 21.4. The van der Waals surface area contributed by atoms with Gasteiger partial charge in [0.1, 0.15) is 6.61 Å². The van der Waals surface area contributed by atoms with Crippen molar-refractivity contribution in [2.75, 3.05) is 25.5 Å². The molecule has 0 radical (unpaired) electrons. The maximum absolute atomic E-state index is 11.9. The first-order valence-corrected chi connectivity index (χ1v) is 11.8. The first-order valence-electron chi connectivity index (χ1n) is 11.1. The van der Waals surface area contributed by atoms with Gasteiger partial charge in [-0.15, -0.1) is 0 Å². The van der Waals surface area contributed by atoms with Crippen molar-refractivity contribution >= 4 is 18.5 Å². The molecule has 0 aromatic heterocycles. The number of hydrogen-bond donors (Lipinski definition) is 3. The van der Waals surface area contributed by atoms with Gasteiger partial charge in [-0.2, -0.15) is 12.6 Å². The minimum absolute atomic E-state index is 0.0274. The molecule has 0 spiro atoms. The lowest BCUT2D eigenvalue weighted by molar-refractivity contribution is -0.130. The summed E-state index contributed by atoms with van der Waals surface area (Å²) >= 11 is 4.39. The summed E-state index contributed by atoms with van der Waals surface area (Å²) in [5.41, 5.74) is -0.465. The summed E-state index contributed by atoms with van der Waals surface area (Å²) in [4.78, 5) is 11.9. The van der Waals surface area contributed by atoms with Crippen molar-refractivity contribution in [3.8, 4) is 0 Å². The third-order valence-corrected chi connectivity index (χ3v) is 5.85. The number of carbonyl (C=O) groups is 1. The number of ether oxygens (including phenoxy) is 2. The molecular weight excluding hydrogens is 384 g/mol. The molecule has 2 unspecified atom stereocenters. The summed E-state index contributed by atoms with van der Waals surface area (Å²) in [6, 6.07) is 0. The van der Waals surface area contributed by atoms with Crippen LogP contribution in [0, 0.1) is 0 Å². The molecule has 0 aliphatic carbocycles. The average molecular weight is 433 g/mol. The molecule has 0 rings (SSSR count). The van der Waals surface area contributed by atoms with E-state index in [1.54, 1.807) is 0 Å². The lowest BCUT2D eigenvalue weighted by atomic mass is 9.89. The molecule has 0 heterocycles. The van der Waals surface area contributed by atoms with Gasteiger partial charge >= 0.3 is 0 Å². The van der Waals surface area contributed by atoms with E-state index in [4.69, 9.17) is 9.47 Å². The van der Waals surface area contributed by atoms with E-state index >= 15 is 0 Å². The minimum Gasteiger partial charge on any atom is -0.375 e. The Morgan fingerprint density at radius 2 is 1.52 bits per heavy atom. The van der Waals surface area contributed by atoms with E-state index in [-0.39, 0.29) is 34.8 Å². The van der Waals surface area contributed by atoms with Gasteiger partial charge in [-0.25, -0.2) is 0 Å². The van der Waals surface area contributed by atoms with E-state index in [9.17, 15) is 4.79 Å². The molecule has 2 atom stereocenters. The zero-order valence-electron chi connectivity index (χ0n) is 20.5. The topological polar surface area (TPSA) is 59.6 Å². The van der Waals surface area contributed by atoms with Crippen LogP contribution in [0.25, 0.3) is 0 Å². The third-order valence-electron chi connectivity index (χ3n) is 5.62. The number of hydrogen-bond acceptors (Lipinski definition) is 5. The van der Waals surface area contributed by atoms with Crippen LogP contribution in [0.4, 0.5) is 0 Å². The van der Waals surface area contributed by atoms with Crippen molar-refractivity contribution in [3.05, 3.63) is 0 Å². The second-order valence-corrected chi connectivity index (χ2v) is 10.7. The monoisotopic (exact) mass is 432 g/mol. The van der Waals surface area contributed by atoms with Crippen LogP contribution >= 0.6 is 12.6 Å². The van der Waals surface area contributed by atoms with Crippen LogP contribution in [-0.2, 0) is 14.3 Å². The Balaban J connectivity index is 4.48. The molecule has 5 nitrogen and oxygen atoms in total. The lowest BCUT2D eigenvalue weighted by Crippen LogP contribution is -2.54. The van der Waals surface area contributed by atoms with Crippen LogP contribution in [0.5, 0.6) is 0 Å². The van der Waals surface area contributed by atoms with Gasteiger partial charge < -0.3 is 20.1 Å². The van der Waals surface area contributed by atoms with E-state index in [0.717, 1.165) is 37.9 Å². The molecule has 0 aliphatic heterocycles. The van der Waals surface area contributed by atoms with Crippen molar-refractivity contribution in [3.63, 3.8) is 0 Å². The standard InChI is InChI=1S/C23H48N2O3S/c1-10-22(8,25-21(6,7)14-17-29)13-16-27-23(9,11-2)12-15-24-19(26)18-28-20(3,4)5/h25,29H,10-18H2,1-9H3,(H,24,26). The summed E-state index contributed by atoms with van der Waals surface area (Å²) in [6.07, 6.45) is 4.70. The van der Waals surface area contributed by atoms with Gasteiger partial charge in [0.25, 0.3) is 0 Å². The normalized spacial score (nSPS) is 16.9. The Kier molecular flexibility index (Phi) is 12.4. The molecule has 0 fully saturated rings. The van der Waals surface area contributed by atoms with Crippen LogP contribution < -0.4 is 10.6 Å². The molecule has 2 N–H and O–H groups in total. The van der Waals surface area contributed by atoms with Crippen molar-refractivity contribution in [1.82, 2.24) is 10.6 Å². The van der Waals surface area contributed by atoms with Crippen LogP contribution in [0.2, 0.25) is 0 Å². The zero-order chi connectivity index (χ0) is 22.8. The molecule has 0 saturated heterocycles. The molecule has 0 saturated carbocycles. The van der Waals surface area contributed by atoms with Gasteiger partial charge in [0.2, 0.25) is 5.91 Å². The molecule has 0 aromatic rings. The van der Waals surface area contributed by atoms with Gasteiger partial charge in [0, 0.05) is 24.2 Å². The highest BCUT2D eigenvalue weighted by atomic mass is 32.1. The van der Waals surface area contributed by atoms with E-state index in [1.807, 2.05) is 20.8 Å². The molecule has 1 amide bonds. The Morgan fingerprint density at radius 3 is 2.00 bits per heavy atom. The summed E-state index contributed by atoms with van der Waals surface area (Å²) in [5.74, 6) is 0.795. The van der Waals surface area contributed by atoms with Crippen molar-refractivity contribution in [2.45, 2.75) is 117 Å². The fourth-order valence-electron chi connectivity index (χ4n) is 3.16. The van der Waals surface area contributed by atoms with Gasteiger partial charge in [-0.1, -0.05) is 13.8 Å². The minimum atomic E-state index is -0.306. The molecule has 29 heavy (non-hydrogen) atoms. The Hall–Kier alpha value is -0.300. The maximum atomic E-state index is 11.9. The molecular formula is C23H48N2O3S. The second-order valence-electron chi connectivity index (χ2n) is 10.3. The predicted octanol–water partition coefficient (Wildman–Crippen LogP) is 4.74. The van der Waals surface area contributed by atoms with Gasteiger partial charge in [-0.3, -0.25) is 4.79 Å². The van der Waals surface area contributed by atoms with Gasteiger partial charge in [-0.05, 0) is 86.3 Å². The van der Waals surface area contributed by atoms with E-state index in [2.05, 4.69) is 64.8 Å².